The number of allylic oxidation sites excluding steroid dienone is 18. The maximum Gasteiger partial charge on any atom is 0.472 e. The third-order valence-electron chi connectivity index (χ3n) is 8.45. The molecule has 0 aromatic carbocycles. The lowest BCUT2D eigenvalue weighted by Crippen LogP contribution is -2.29. The van der Waals surface area contributed by atoms with E-state index in [1.54, 1.807) is 0 Å². The van der Waals surface area contributed by atoms with Crippen molar-refractivity contribution in [1.29, 1.82) is 0 Å². The summed E-state index contributed by atoms with van der Waals surface area (Å²) in [5.41, 5.74) is 0. The average Bonchev–Trinajstić information content (AvgIpc) is 3.21. The van der Waals surface area contributed by atoms with Crippen LogP contribution in [-0.4, -0.2) is 66.3 Å². The van der Waals surface area contributed by atoms with Crippen molar-refractivity contribution in [3.8, 4) is 0 Å². The first-order valence-electron chi connectivity index (χ1n) is 21.9. The molecule has 0 aliphatic rings. The highest BCUT2D eigenvalue weighted by molar-refractivity contribution is 7.47. The van der Waals surface area contributed by atoms with Gasteiger partial charge in [-0.2, -0.15) is 0 Å². The summed E-state index contributed by atoms with van der Waals surface area (Å²) in [5.74, 6) is -0.417. The molecule has 0 bridgehead atoms. The Hall–Kier alpha value is -2.88. The molecule has 3 unspecified atom stereocenters. The monoisotopic (exact) mass is 831 g/mol. The van der Waals surface area contributed by atoms with Gasteiger partial charge in [0.15, 0.2) is 0 Å². The molecule has 0 amide bonds. The van der Waals surface area contributed by atoms with Gasteiger partial charge in [0.25, 0.3) is 0 Å². The van der Waals surface area contributed by atoms with Crippen LogP contribution < -0.4 is 0 Å². The van der Waals surface area contributed by atoms with E-state index in [-0.39, 0.29) is 13.0 Å². The normalized spacial score (nSPS) is 15.1. The number of hydrogen-bond acceptors (Lipinski definition) is 8. The number of rotatable bonds is 40. The van der Waals surface area contributed by atoms with Crippen LogP contribution in [0.4, 0.5) is 0 Å². The fourth-order valence-electron chi connectivity index (χ4n) is 5.19. The van der Waals surface area contributed by atoms with E-state index in [0.717, 1.165) is 116 Å². The Bertz CT molecular complexity index is 1260. The van der Waals surface area contributed by atoms with E-state index in [4.69, 9.17) is 23.6 Å². The van der Waals surface area contributed by atoms with Crippen molar-refractivity contribution in [2.24, 2.45) is 0 Å². The predicted molar refractivity (Wildman–Crippen MR) is 241 cm³/mol. The summed E-state index contributed by atoms with van der Waals surface area (Å²) in [6.07, 6.45) is 56.2. The predicted octanol–water partition coefficient (Wildman–Crippen LogP) is 12.2. The van der Waals surface area contributed by atoms with Crippen molar-refractivity contribution in [3.05, 3.63) is 109 Å². The van der Waals surface area contributed by atoms with Crippen LogP contribution in [0, 0.1) is 0 Å². The number of ether oxygens (including phenoxy) is 2. The summed E-state index contributed by atoms with van der Waals surface area (Å²) < 4.78 is 33.3. The van der Waals surface area contributed by atoms with Gasteiger partial charge in [-0.3, -0.25) is 13.8 Å². The molecular weight excluding hydrogens is 751 g/mol. The van der Waals surface area contributed by atoms with Crippen LogP contribution in [0.3, 0.4) is 0 Å². The van der Waals surface area contributed by atoms with Crippen LogP contribution >= 0.6 is 7.82 Å². The zero-order valence-corrected chi connectivity index (χ0v) is 36.9. The molecule has 0 saturated carbocycles. The van der Waals surface area contributed by atoms with Gasteiger partial charge in [-0.05, 0) is 96.3 Å². The van der Waals surface area contributed by atoms with Crippen LogP contribution in [0.25, 0.3) is 0 Å². The number of carbonyl (C=O) groups excluding carboxylic acids is 1. The number of aliphatic hydroxyl groups is 2. The van der Waals surface area contributed by atoms with Crippen LogP contribution in [0.2, 0.25) is 0 Å². The number of unbranched alkanes of at least 4 members (excludes halogenated alkanes) is 8. The molecule has 9 nitrogen and oxygen atoms in total. The lowest BCUT2D eigenvalue weighted by Gasteiger charge is -2.20. The number of esters is 1. The minimum atomic E-state index is -4.54. The number of phosphoric ester groups is 1. The summed E-state index contributed by atoms with van der Waals surface area (Å²) in [6, 6.07) is 0. The van der Waals surface area contributed by atoms with E-state index in [1.165, 1.54) is 0 Å². The zero-order chi connectivity index (χ0) is 42.5. The van der Waals surface area contributed by atoms with E-state index in [9.17, 15) is 19.4 Å². The zero-order valence-electron chi connectivity index (χ0n) is 36.0. The highest BCUT2D eigenvalue weighted by atomic mass is 31.2. The SMILES string of the molecule is CC/C=C\C/C=C\C/C=C\C/C=C\C/C=C\C/C=C\CCCCCOCC(COP(=O)(O)OCC(O)CO)OC(=O)CCCCCCC/C=C\C/C=C\C/C=C\CC. The molecule has 58 heavy (non-hydrogen) atoms. The van der Waals surface area contributed by atoms with E-state index < -0.39 is 45.8 Å². The largest absolute Gasteiger partial charge is 0.472 e. The van der Waals surface area contributed by atoms with Gasteiger partial charge in [-0.1, -0.05) is 149 Å². The van der Waals surface area contributed by atoms with E-state index in [1.807, 2.05) is 0 Å². The van der Waals surface area contributed by atoms with Crippen LogP contribution in [0.15, 0.2) is 109 Å². The van der Waals surface area contributed by atoms with Gasteiger partial charge in [-0.15, -0.1) is 0 Å². The van der Waals surface area contributed by atoms with Gasteiger partial charge in [0.05, 0.1) is 26.4 Å². The first kappa shape index (κ1) is 55.1. The highest BCUT2D eigenvalue weighted by Gasteiger charge is 2.26. The summed E-state index contributed by atoms with van der Waals surface area (Å²) >= 11 is 0. The fourth-order valence-corrected chi connectivity index (χ4v) is 5.98. The van der Waals surface area contributed by atoms with Gasteiger partial charge in [0, 0.05) is 13.0 Å². The number of carbonyl (C=O) groups is 1. The molecule has 3 N–H and O–H groups in total. The topological polar surface area (TPSA) is 132 Å². The minimum absolute atomic E-state index is 0.0113. The Morgan fingerprint density at radius 1 is 0.534 bits per heavy atom. The summed E-state index contributed by atoms with van der Waals surface area (Å²) in [6.45, 7) is 3.14. The number of aliphatic hydroxyl groups excluding tert-OH is 2. The first-order valence-corrected chi connectivity index (χ1v) is 23.4. The van der Waals surface area contributed by atoms with Crippen LogP contribution in [-0.2, 0) is 27.9 Å². The molecule has 0 radical (unpaired) electrons. The Kier molecular flexibility index (Phi) is 41.5. The van der Waals surface area contributed by atoms with Gasteiger partial charge in [0.2, 0.25) is 0 Å². The highest BCUT2D eigenvalue weighted by Crippen LogP contribution is 2.43. The molecular formula is C48H79O9P. The Morgan fingerprint density at radius 2 is 0.931 bits per heavy atom. The van der Waals surface area contributed by atoms with Crippen molar-refractivity contribution < 1.29 is 43.0 Å². The van der Waals surface area contributed by atoms with Crippen LogP contribution in [0.5, 0.6) is 0 Å². The molecule has 10 heteroatoms. The van der Waals surface area contributed by atoms with Gasteiger partial charge in [0.1, 0.15) is 12.2 Å². The van der Waals surface area contributed by atoms with E-state index >= 15 is 0 Å². The third-order valence-corrected chi connectivity index (χ3v) is 9.40. The van der Waals surface area contributed by atoms with Crippen molar-refractivity contribution in [1.82, 2.24) is 0 Å². The fraction of sp³-hybridized carbons (Fsp3) is 0.604. The molecule has 3 atom stereocenters. The molecule has 330 valence electrons. The lowest BCUT2D eigenvalue weighted by atomic mass is 10.1. The Labute approximate surface area is 352 Å². The molecule has 0 aliphatic heterocycles. The average molecular weight is 831 g/mol. The second-order valence-electron chi connectivity index (χ2n) is 13.9. The van der Waals surface area contributed by atoms with E-state index in [2.05, 4.69) is 123 Å². The number of hydrogen-bond donors (Lipinski definition) is 3. The summed E-state index contributed by atoms with van der Waals surface area (Å²) in [7, 11) is -4.54. The molecule has 0 fully saturated rings. The smallest absolute Gasteiger partial charge is 0.457 e. The molecule has 0 saturated heterocycles. The van der Waals surface area contributed by atoms with Gasteiger partial charge in [-0.25, -0.2) is 4.57 Å². The quantitative estimate of drug-likeness (QED) is 0.0239. The standard InChI is InChI=1S/C48H79O9P/c1-3-5-7-9-11-13-15-17-19-20-21-22-23-24-25-27-29-31-33-35-37-39-41-54-44-47(45-56-58(52,53)55-43-46(50)42-49)57-48(51)40-38-36-34-32-30-28-26-18-16-14-12-10-8-6-4-2/h5-8,11-14,17-19,21-22,24-26,29,31,46-47,49-50H,3-4,9-10,15-16,20,23,27-28,30,32-45H2,1-2H3,(H,52,53)/b7-5-,8-6-,13-11-,14-12-,19-17-,22-21-,25-24-,26-18-,31-29-. The maximum atomic E-state index is 12.6. The maximum absolute atomic E-state index is 12.6. The molecule has 0 aromatic rings. The van der Waals surface area contributed by atoms with Crippen LogP contribution in [0.1, 0.15) is 142 Å². The van der Waals surface area contributed by atoms with Gasteiger partial charge < -0.3 is 24.6 Å². The minimum Gasteiger partial charge on any atom is -0.457 e. The van der Waals surface area contributed by atoms with Crippen molar-refractivity contribution in [2.75, 3.05) is 33.0 Å². The molecule has 0 aromatic heterocycles. The van der Waals surface area contributed by atoms with Crippen molar-refractivity contribution in [2.45, 2.75) is 154 Å². The second kappa shape index (κ2) is 43.7. The van der Waals surface area contributed by atoms with Gasteiger partial charge >= 0.3 is 13.8 Å². The molecule has 0 aliphatic carbocycles. The molecule has 0 heterocycles. The van der Waals surface area contributed by atoms with E-state index in [0.29, 0.717) is 13.0 Å². The third kappa shape index (κ3) is 42.7. The molecule has 0 rings (SSSR count). The first-order chi connectivity index (χ1) is 28.3. The number of phosphoric acid groups is 1. The van der Waals surface area contributed by atoms with Crippen molar-refractivity contribution >= 4 is 13.8 Å². The summed E-state index contributed by atoms with van der Waals surface area (Å²) in [5, 5.41) is 18.4. The Morgan fingerprint density at radius 3 is 1.40 bits per heavy atom. The van der Waals surface area contributed by atoms with Crippen molar-refractivity contribution in [3.63, 3.8) is 0 Å². The second-order valence-corrected chi connectivity index (χ2v) is 15.4. The summed E-state index contributed by atoms with van der Waals surface area (Å²) in [4.78, 5) is 22.6. The molecule has 0 spiro atoms. The Balaban J connectivity index is 4.29. The lowest BCUT2D eigenvalue weighted by molar-refractivity contribution is -0.154.